The Kier molecular flexibility index (Phi) is 3.98. The fraction of sp³-hybridized carbons (Fsp3) is 0.636. The predicted molar refractivity (Wildman–Crippen MR) is 65.8 cm³/mol. The highest BCUT2D eigenvalue weighted by atomic mass is 16.5. The lowest BCUT2D eigenvalue weighted by Gasteiger charge is -2.21. The first kappa shape index (κ1) is 13.3. The van der Waals surface area contributed by atoms with Crippen molar-refractivity contribution in [1.29, 1.82) is 0 Å². The Balaban J connectivity index is 1.94. The van der Waals surface area contributed by atoms with E-state index in [0.717, 1.165) is 12.8 Å². The Morgan fingerprint density at radius 2 is 2.32 bits per heavy atom. The number of amides is 1. The van der Waals surface area contributed by atoms with Gasteiger partial charge in [-0.05, 0) is 19.8 Å². The summed E-state index contributed by atoms with van der Waals surface area (Å²) in [5.41, 5.74) is 5.38. The molecule has 1 fully saturated rings. The molecular formula is C11H17N5O3. The summed E-state index contributed by atoms with van der Waals surface area (Å²) < 4.78 is 6.23. The van der Waals surface area contributed by atoms with Gasteiger partial charge in [0.25, 0.3) is 0 Å². The lowest BCUT2D eigenvalue weighted by atomic mass is 10.4. The normalized spacial score (nSPS) is 14.2. The van der Waals surface area contributed by atoms with Crippen LogP contribution in [0.3, 0.4) is 0 Å². The topological polar surface area (TPSA) is 103 Å². The summed E-state index contributed by atoms with van der Waals surface area (Å²) in [4.78, 5) is 28.9. The molecule has 1 aromatic heterocycles. The molecule has 1 saturated carbocycles. The maximum atomic E-state index is 12.1. The molecule has 0 saturated heterocycles. The third-order valence-corrected chi connectivity index (χ3v) is 2.76. The fourth-order valence-electron chi connectivity index (χ4n) is 1.77. The van der Waals surface area contributed by atoms with Gasteiger partial charge in [0.2, 0.25) is 11.9 Å². The Morgan fingerprint density at radius 1 is 1.58 bits per heavy atom. The molecule has 1 aromatic rings. The Morgan fingerprint density at radius 3 is 2.84 bits per heavy atom. The molecule has 1 heterocycles. The summed E-state index contributed by atoms with van der Waals surface area (Å²) in [7, 11) is 0. The van der Waals surface area contributed by atoms with E-state index < -0.39 is 0 Å². The maximum absolute atomic E-state index is 12.1. The summed E-state index contributed by atoms with van der Waals surface area (Å²) in [6.07, 6.45) is 3.23. The van der Waals surface area contributed by atoms with Crippen LogP contribution in [-0.2, 0) is 20.9 Å². The van der Waals surface area contributed by atoms with E-state index in [1.165, 1.54) is 15.9 Å². The van der Waals surface area contributed by atoms with E-state index in [1.54, 1.807) is 6.92 Å². The highest BCUT2D eigenvalue weighted by Crippen LogP contribution is 2.26. The highest BCUT2D eigenvalue weighted by Gasteiger charge is 2.34. The molecule has 0 bridgehead atoms. The minimum atomic E-state index is -0.388. The number of esters is 1. The number of aromatic nitrogens is 3. The van der Waals surface area contributed by atoms with E-state index in [9.17, 15) is 9.59 Å². The van der Waals surface area contributed by atoms with Crippen molar-refractivity contribution in [3.63, 3.8) is 0 Å². The molecule has 0 aliphatic heterocycles. The zero-order valence-corrected chi connectivity index (χ0v) is 10.8. The minimum absolute atomic E-state index is 0.0124. The maximum Gasteiger partial charge on any atom is 0.325 e. The summed E-state index contributed by atoms with van der Waals surface area (Å²) >= 11 is 0. The Hall–Kier alpha value is -2.12. The van der Waals surface area contributed by atoms with Crippen molar-refractivity contribution in [1.82, 2.24) is 19.7 Å². The van der Waals surface area contributed by atoms with E-state index >= 15 is 0 Å². The van der Waals surface area contributed by atoms with Crippen molar-refractivity contribution >= 4 is 17.8 Å². The number of nitrogens with zero attached hydrogens (tertiary/aromatic N) is 4. The SMILES string of the molecule is CCOC(=O)CN(C(=O)Cn1cnc(N)n1)C1CC1. The van der Waals surface area contributed by atoms with Gasteiger partial charge in [-0.15, -0.1) is 5.10 Å². The molecule has 8 nitrogen and oxygen atoms in total. The quantitative estimate of drug-likeness (QED) is 0.691. The number of anilines is 1. The van der Waals surface area contributed by atoms with Crippen LogP contribution in [0, 0.1) is 0 Å². The van der Waals surface area contributed by atoms with Gasteiger partial charge in [-0.1, -0.05) is 0 Å². The van der Waals surface area contributed by atoms with Gasteiger partial charge in [0.1, 0.15) is 19.4 Å². The number of hydrogen-bond acceptors (Lipinski definition) is 6. The van der Waals surface area contributed by atoms with Crippen LogP contribution < -0.4 is 5.73 Å². The Labute approximate surface area is 110 Å². The number of rotatable bonds is 6. The third-order valence-electron chi connectivity index (χ3n) is 2.76. The average molecular weight is 267 g/mol. The van der Waals surface area contributed by atoms with Crippen LogP contribution in [0.2, 0.25) is 0 Å². The van der Waals surface area contributed by atoms with Crippen LogP contribution >= 0.6 is 0 Å². The predicted octanol–water partition coefficient (Wildman–Crippen LogP) is -0.586. The molecule has 19 heavy (non-hydrogen) atoms. The molecule has 0 aromatic carbocycles. The summed E-state index contributed by atoms with van der Waals surface area (Å²) in [6, 6.07) is 0.137. The second kappa shape index (κ2) is 5.68. The zero-order valence-electron chi connectivity index (χ0n) is 10.8. The van der Waals surface area contributed by atoms with E-state index in [4.69, 9.17) is 10.5 Å². The lowest BCUT2D eigenvalue weighted by Crippen LogP contribution is -2.40. The van der Waals surface area contributed by atoms with Gasteiger partial charge in [0.15, 0.2) is 0 Å². The standard InChI is InChI=1S/C11H17N5O3/c1-2-19-10(18)6-16(8-3-4-8)9(17)5-15-7-13-11(12)14-15/h7-8H,2-6H2,1H3,(H2,12,14). The van der Waals surface area contributed by atoms with Crippen molar-refractivity contribution < 1.29 is 14.3 Å². The van der Waals surface area contributed by atoms with Gasteiger partial charge in [0.05, 0.1) is 6.61 Å². The van der Waals surface area contributed by atoms with Crippen molar-refractivity contribution in [2.75, 3.05) is 18.9 Å². The summed E-state index contributed by atoms with van der Waals surface area (Å²) in [6.45, 7) is 2.06. The molecule has 0 unspecified atom stereocenters. The largest absolute Gasteiger partial charge is 0.465 e. The smallest absolute Gasteiger partial charge is 0.325 e. The second-order valence-corrected chi connectivity index (χ2v) is 4.36. The highest BCUT2D eigenvalue weighted by molar-refractivity contribution is 5.82. The second-order valence-electron chi connectivity index (χ2n) is 4.36. The van der Waals surface area contributed by atoms with Crippen molar-refractivity contribution in [2.45, 2.75) is 32.4 Å². The van der Waals surface area contributed by atoms with Gasteiger partial charge >= 0.3 is 5.97 Å². The fourth-order valence-corrected chi connectivity index (χ4v) is 1.77. The first-order valence-corrected chi connectivity index (χ1v) is 6.20. The molecule has 0 atom stereocenters. The average Bonchev–Trinajstić information content (AvgIpc) is 3.11. The molecule has 0 spiro atoms. The van der Waals surface area contributed by atoms with Crippen LogP contribution in [0.5, 0.6) is 0 Å². The van der Waals surface area contributed by atoms with Crippen LogP contribution in [-0.4, -0.2) is 50.7 Å². The van der Waals surface area contributed by atoms with Crippen molar-refractivity contribution in [3.05, 3.63) is 6.33 Å². The first-order valence-electron chi connectivity index (χ1n) is 6.20. The van der Waals surface area contributed by atoms with Crippen LogP contribution in [0.4, 0.5) is 5.95 Å². The molecule has 2 N–H and O–H groups in total. The lowest BCUT2D eigenvalue weighted by molar-refractivity contribution is -0.149. The van der Waals surface area contributed by atoms with E-state index in [1.807, 2.05) is 0 Å². The van der Waals surface area contributed by atoms with Crippen LogP contribution in [0.1, 0.15) is 19.8 Å². The van der Waals surface area contributed by atoms with Gasteiger partial charge in [0, 0.05) is 6.04 Å². The van der Waals surface area contributed by atoms with E-state index in [0.29, 0.717) is 6.61 Å². The van der Waals surface area contributed by atoms with Gasteiger partial charge in [-0.25, -0.2) is 9.67 Å². The number of carbonyl (C=O) groups is 2. The number of hydrogen-bond donors (Lipinski definition) is 1. The van der Waals surface area contributed by atoms with Gasteiger partial charge in [-0.2, -0.15) is 0 Å². The molecular weight excluding hydrogens is 250 g/mol. The number of nitrogen functional groups attached to an aromatic ring is 1. The monoisotopic (exact) mass is 267 g/mol. The third kappa shape index (κ3) is 3.67. The Bertz CT molecular complexity index is 469. The molecule has 2 rings (SSSR count). The van der Waals surface area contributed by atoms with Gasteiger partial charge < -0.3 is 15.4 Å². The van der Waals surface area contributed by atoms with Gasteiger partial charge in [-0.3, -0.25) is 9.59 Å². The number of carbonyl (C=O) groups excluding carboxylic acids is 2. The number of nitrogens with two attached hydrogens (primary N) is 1. The van der Waals surface area contributed by atoms with E-state index in [-0.39, 0.29) is 37.0 Å². The molecule has 1 aliphatic rings. The molecule has 104 valence electrons. The molecule has 1 amide bonds. The molecule has 0 radical (unpaired) electrons. The van der Waals surface area contributed by atoms with Crippen LogP contribution in [0.25, 0.3) is 0 Å². The van der Waals surface area contributed by atoms with Crippen molar-refractivity contribution in [2.24, 2.45) is 0 Å². The summed E-state index contributed by atoms with van der Waals surface area (Å²) in [5.74, 6) is -0.447. The summed E-state index contributed by atoms with van der Waals surface area (Å²) in [5, 5.41) is 3.85. The molecule has 1 aliphatic carbocycles. The van der Waals surface area contributed by atoms with Crippen LogP contribution in [0.15, 0.2) is 6.33 Å². The zero-order chi connectivity index (χ0) is 13.8. The number of ether oxygens (including phenoxy) is 1. The van der Waals surface area contributed by atoms with E-state index in [2.05, 4.69) is 10.1 Å². The first-order chi connectivity index (χ1) is 9.10. The molecule has 8 heteroatoms. The minimum Gasteiger partial charge on any atom is -0.465 e. The van der Waals surface area contributed by atoms with Crippen molar-refractivity contribution in [3.8, 4) is 0 Å².